The zero-order valence-corrected chi connectivity index (χ0v) is 16.4. The van der Waals surface area contributed by atoms with Gasteiger partial charge in [0.15, 0.2) is 0 Å². The number of hydrogen-bond donors (Lipinski definition) is 1. The summed E-state index contributed by atoms with van der Waals surface area (Å²) in [4.78, 5) is 12.8. The molecule has 3 nitrogen and oxygen atoms in total. The predicted molar refractivity (Wildman–Crippen MR) is 109 cm³/mol. The first-order valence-corrected chi connectivity index (χ1v) is 10.6. The van der Waals surface area contributed by atoms with E-state index in [9.17, 15) is 9.90 Å². The SMILES string of the molecule is CC(C)C[C@H](SC1CCCCC1)c1c(O)cc(-c2ccccc2)oc1=O. The molecule has 1 fully saturated rings. The van der Waals surface area contributed by atoms with Crippen LogP contribution in [0.1, 0.15) is 63.2 Å². The molecule has 1 saturated carbocycles. The Labute approximate surface area is 159 Å². The van der Waals surface area contributed by atoms with E-state index in [4.69, 9.17) is 4.42 Å². The topological polar surface area (TPSA) is 50.4 Å². The van der Waals surface area contributed by atoms with Crippen LogP contribution >= 0.6 is 11.8 Å². The fourth-order valence-electron chi connectivity index (χ4n) is 3.63. The highest BCUT2D eigenvalue weighted by Gasteiger charge is 2.27. The largest absolute Gasteiger partial charge is 0.507 e. The van der Waals surface area contributed by atoms with Gasteiger partial charge in [0.2, 0.25) is 0 Å². The Bertz CT molecular complexity index is 761. The Balaban J connectivity index is 1.91. The molecule has 0 saturated heterocycles. The summed E-state index contributed by atoms with van der Waals surface area (Å²) in [6, 6.07) is 11.0. The Morgan fingerprint density at radius 1 is 1.15 bits per heavy atom. The molecule has 1 aromatic carbocycles. The third-order valence-electron chi connectivity index (χ3n) is 4.94. The van der Waals surface area contributed by atoms with E-state index in [1.54, 1.807) is 6.07 Å². The number of rotatable bonds is 6. The second-order valence-corrected chi connectivity index (χ2v) is 9.09. The van der Waals surface area contributed by atoms with E-state index in [0.29, 0.717) is 22.5 Å². The fourth-order valence-corrected chi connectivity index (χ4v) is 5.55. The van der Waals surface area contributed by atoms with Crippen molar-refractivity contribution in [3.63, 3.8) is 0 Å². The summed E-state index contributed by atoms with van der Waals surface area (Å²) in [5.41, 5.74) is 0.832. The highest BCUT2D eigenvalue weighted by atomic mass is 32.2. The molecule has 1 atom stereocenters. The molecule has 0 spiro atoms. The lowest BCUT2D eigenvalue weighted by molar-refractivity contribution is 0.432. The monoisotopic (exact) mass is 372 g/mol. The highest BCUT2D eigenvalue weighted by Crippen LogP contribution is 2.44. The van der Waals surface area contributed by atoms with E-state index >= 15 is 0 Å². The van der Waals surface area contributed by atoms with Crippen molar-refractivity contribution in [1.82, 2.24) is 0 Å². The average molecular weight is 373 g/mol. The molecule has 1 N–H and O–H groups in total. The zero-order chi connectivity index (χ0) is 18.5. The lowest BCUT2D eigenvalue weighted by atomic mass is 10.0. The zero-order valence-electron chi connectivity index (χ0n) is 15.6. The molecule has 1 aliphatic rings. The van der Waals surface area contributed by atoms with E-state index < -0.39 is 5.63 Å². The van der Waals surface area contributed by atoms with Crippen molar-refractivity contribution in [2.24, 2.45) is 5.92 Å². The van der Waals surface area contributed by atoms with Crippen LogP contribution in [-0.4, -0.2) is 10.4 Å². The maximum absolute atomic E-state index is 12.8. The molecular formula is C22H28O3S. The van der Waals surface area contributed by atoms with E-state index in [-0.39, 0.29) is 11.0 Å². The number of benzene rings is 1. The smallest absolute Gasteiger partial charge is 0.344 e. The normalized spacial score (nSPS) is 16.7. The molecule has 0 radical (unpaired) electrons. The molecule has 0 unspecified atom stereocenters. The molecule has 1 heterocycles. The van der Waals surface area contributed by atoms with Crippen LogP contribution in [0.2, 0.25) is 0 Å². The van der Waals surface area contributed by atoms with Gasteiger partial charge in [0.05, 0.1) is 5.56 Å². The summed E-state index contributed by atoms with van der Waals surface area (Å²) >= 11 is 1.86. The Morgan fingerprint density at radius 3 is 2.46 bits per heavy atom. The second kappa shape index (κ2) is 8.81. The van der Waals surface area contributed by atoms with Crippen LogP contribution in [0.15, 0.2) is 45.6 Å². The van der Waals surface area contributed by atoms with Gasteiger partial charge >= 0.3 is 5.63 Å². The van der Waals surface area contributed by atoms with E-state index in [1.165, 1.54) is 32.1 Å². The lowest BCUT2D eigenvalue weighted by Crippen LogP contribution is -2.17. The summed E-state index contributed by atoms with van der Waals surface area (Å²) in [6.45, 7) is 4.32. The van der Waals surface area contributed by atoms with Gasteiger partial charge in [0.25, 0.3) is 0 Å². The van der Waals surface area contributed by atoms with Gasteiger partial charge in [0.1, 0.15) is 11.5 Å². The molecule has 1 aliphatic carbocycles. The highest BCUT2D eigenvalue weighted by molar-refractivity contribution is 8.00. The van der Waals surface area contributed by atoms with E-state index in [2.05, 4.69) is 13.8 Å². The van der Waals surface area contributed by atoms with Crippen molar-refractivity contribution < 1.29 is 9.52 Å². The van der Waals surface area contributed by atoms with Crippen molar-refractivity contribution in [2.45, 2.75) is 62.9 Å². The standard InChI is InChI=1S/C22H28O3S/c1-15(2)13-20(26-17-11-7-4-8-12-17)21-18(23)14-19(25-22(21)24)16-9-5-3-6-10-16/h3,5-6,9-10,14-15,17,20,23H,4,7-8,11-13H2,1-2H3/t20-/m0/s1. The van der Waals surface area contributed by atoms with Crippen molar-refractivity contribution in [1.29, 1.82) is 0 Å². The molecule has 26 heavy (non-hydrogen) atoms. The van der Waals surface area contributed by atoms with Crippen LogP contribution < -0.4 is 5.63 Å². The van der Waals surface area contributed by atoms with Crippen LogP contribution in [0.25, 0.3) is 11.3 Å². The second-order valence-electron chi connectivity index (χ2n) is 7.58. The molecular weight excluding hydrogens is 344 g/mol. The fraction of sp³-hybridized carbons (Fsp3) is 0.500. The molecule has 0 amide bonds. The number of aromatic hydroxyl groups is 1. The maximum atomic E-state index is 12.8. The summed E-state index contributed by atoms with van der Waals surface area (Å²) in [5.74, 6) is 0.931. The van der Waals surface area contributed by atoms with Crippen molar-refractivity contribution >= 4 is 11.8 Å². The van der Waals surface area contributed by atoms with E-state index in [0.717, 1.165) is 12.0 Å². The Kier molecular flexibility index (Phi) is 6.47. The van der Waals surface area contributed by atoms with Gasteiger partial charge < -0.3 is 9.52 Å². The predicted octanol–water partition coefficient (Wildman–Crippen LogP) is 6.17. The van der Waals surface area contributed by atoms with Gasteiger partial charge in [-0.1, -0.05) is 63.4 Å². The quantitative estimate of drug-likeness (QED) is 0.659. The third-order valence-corrected chi connectivity index (χ3v) is 6.55. The van der Waals surface area contributed by atoms with E-state index in [1.807, 2.05) is 42.1 Å². The minimum absolute atomic E-state index is 0.0147. The minimum Gasteiger partial charge on any atom is -0.507 e. The van der Waals surface area contributed by atoms with Crippen molar-refractivity contribution in [2.75, 3.05) is 0 Å². The van der Waals surface area contributed by atoms with Crippen molar-refractivity contribution in [3.8, 4) is 17.1 Å². The molecule has 4 heteroatoms. The first-order valence-electron chi connectivity index (χ1n) is 9.62. The average Bonchev–Trinajstić information content (AvgIpc) is 2.62. The van der Waals surface area contributed by atoms with Gasteiger partial charge in [-0.05, 0) is 25.2 Å². The first-order chi connectivity index (χ1) is 12.5. The maximum Gasteiger partial charge on any atom is 0.344 e. The molecule has 140 valence electrons. The molecule has 0 aliphatic heterocycles. The first kappa shape index (κ1) is 19.1. The summed E-state index contributed by atoms with van der Waals surface area (Å²) in [7, 11) is 0. The van der Waals surface area contributed by atoms with Crippen LogP contribution in [0.4, 0.5) is 0 Å². The van der Waals surface area contributed by atoms with Gasteiger partial charge in [-0.15, -0.1) is 11.8 Å². The molecule has 2 aromatic rings. The van der Waals surface area contributed by atoms with Crippen LogP contribution in [0.3, 0.4) is 0 Å². The van der Waals surface area contributed by atoms with Gasteiger partial charge in [0, 0.05) is 22.1 Å². The number of hydrogen-bond acceptors (Lipinski definition) is 4. The van der Waals surface area contributed by atoms with Gasteiger partial charge in [-0.25, -0.2) is 4.79 Å². The third kappa shape index (κ3) is 4.73. The lowest BCUT2D eigenvalue weighted by Gasteiger charge is -2.27. The Hall–Kier alpha value is -1.68. The summed E-state index contributed by atoms with van der Waals surface area (Å²) in [5, 5.41) is 11.2. The van der Waals surface area contributed by atoms with Crippen LogP contribution in [0, 0.1) is 5.92 Å². The van der Waals surface area contributed by atoms with Crippen LogP contribution in [-0.2, 0) is 0 Å². The molecule has 0 bridgehead atoms. The van der Waals surface area contributed by atoms with Crippen LogP contribution in [0.5, 0.6) is 5.75 Å². The summed E-state index contributed by atoms with van der Waals surface area (Å²) < 4.78 is 5.60. The molecule has 3 rings (SSSR count). The van der Waals surface area contributed by atoms with Gasteiger partial charge in [-0.2, -0.15) is 0 Å². The minimum atomic E-state index is -0.405. The Morgan fingerprint density at radius 2 is 1.85 bits per heavy atom. The number of thioether (sulfide) groups is 1. The summed E-state index contributed by atoms with van der Waals surface area (Å²) in [6.07, 6.45) is 7.11. The van der Waals surface area contributed by atoms with Crippen molar-refractivity contribution in [3.05, 3.63) is 52.4 Å². The van der Waals surface area contributed by atoms with Gasteiger partial charge in [-0.3, -0.25) is 0 Å². The molecule has 1 aromatic heterocycles.